The van der Waals surface area contributed by atoms with E-state index in [9.17, 15) is 30.5 Å². The van der Waals surface area contributed by atoms with Crippen LogP contribution >= 0.6 is 8.25 Å². The molecule has 164 valence electrons. The van der Waals surface area contributed by atoms with Gasteiger partial charge in [0.15, 0.2) is 11.5 Å². The van der Waals surface area contributed by atoms with E-state index in [1.54, 1.807) is 0 Å². The van der Waals surface area contributed by atoms with Gasteiger partial charge in [0.05, 0.1) is 11.4 Å². The topological polar surface area (TPSA) is 196 Å². The first-order chi connectivity index (χ1) is 13.6. The molecule has 0 spiro atoms. The van der Waals surface area contributed by atoms with Crippen LogP contribution in [0.3, 0.4) is 0 Å². The maximum atomic E-state index is 12.4. The summed E-state index contributed by atoms with van der Waals surface area (Å²) in [7, 11) is -12.0. The van der Waals surface area contributed by atoms with Gasteiger partial charge in [-0.1, -0.05) is 0 Å². The summed E-state index contributed by atoms with van der Waals surface area (Å²) in [5, 5.41) is 0. The number of nitrogen functional groups attached to an aromatic ring is 2. The smallest absolute Gasteiger partial charge is 0.397 e. The first-order valence-corrected chi connectivity index (χ1v) is 12.1. The third-order valence-electron chi connectivity index (χ3n) is 4.31. The van der Waals surface area contributed by atoms with Crippen LogP contribution in [0.2, 0.25) is 0 Å². The minimum absolute atomic E-state index is 0.0459. The maximum Gasteiger partial charge on any atom is 0.805 e. The number of aryl methyl sites for hydroxylation is 2. The SMILES string of the molecule is Cc1cc(O[P+](=O)Oc2cc(C)c(S(=O)(=O)O)c(N)c2C)c(C)c(N)c1S(=O)(=O)O. The van der Waals surface area contributed by atoms with Gasteiger partial charge in [-0.25, -0.2) is 9.05 Å². The van der Waals surface area contributed by atoms with Crippen LogP contribution in [-0.4, -0.2) is 25.9 Å². The van der Waals surface area contributed by atoms with Gasteiger partial charge in [0.25, 0.3) is 20.2 Å². The predicted octanol–water partition coefficient (Wildman–Crippen LogP) is 2.69. The third-order valence-corrected chi connectivity index (χ3v) is 7.12. The molecular weight excluding hydrogens is 459 g/mol. The van der Waals surface area contributed by atoms with E-state index in [4.69, 9.17) is 20.5 Å². The van der Waals surface area contributed by atoms with Gasteiger partial charge in [-0.3, -0.25) is 9.11 Å². The summed E-state index contributed by atoms with van der Waals surface area (Å²) in [6, 6.07) is 2.44. The largest absolute Gasteiger partial charge is 0.805 e. The van der Waals surface area contributed by atoms with Gasteiger partial charge in [0, 0.05) is 15.7 Å². The minimum atomic E-state index is -4.58. The van der Waals surface area contributed by atoms with Crippen molar-refractivity contribution in [2.24, 2.45) is 0 Å². The fourth-order valence-corrected chi connectivity index (χ4v) is 5.36. The third kappa shape index (κ3) is 4.65. The normalized spacial score (nSPS) is 11.9. The molecule has 30 heavy (non-hydrogen) atoms. The molecule has 0 atom stereocenters. The van der Waals surface area contributed by atoms with Crippen molar-refractivity contribution in [3.63, 3.8) is 0 Å². The van der Waals surface area contributed by atoms with Crippen LogP contribution in [0.5, 0.6) is 11.5 Å². The number of hydrogen-bond donors (Lipinski definition) is 4. The molecule has 0 aliphatic rings. The summed E-state index contributed by atoms with van der Waals surface area (Å²) >= 11 is 0. The number of benzene rings is 2. The monoisotopic (exact) mass is 479 g/mol. The van der Waals surface area contributed by atoms with E-state index in [1.807, 2.05) is 0 Å². The lowest BCUT2D eigenvalue weighted by molar-refractivity contribution is 0.413. The van der Waals surface area contributed by atoms with Crippen LogP contribution in [0.4, 0.5) is 11.4 Å². The van der Waals surface area contributed by atoms with E-state index in [2.05, 4.69) is 0 Å². The van der Waals surface area contributed by atoms with Crippen molar-refractivity contribution in [1.29, 1.82) is 0 Å². The minimum Gasteiger partial charge on any atom is -0.397 e. The van der Waals surface area contributed by atoms with Crippen LogP contribution in [0.1, 0.15) is 22.3 Å². The summed E-state index contributed by atoms with van der Waals surface area (Å²) < 4.78 is 87.4. The lowest BCUT2D eigenvalue weighted by Gasteiger charge is -2.12. The highest BCUT2D eigenvalue weighted by Crippen LogP contribution is 2.41. The summed E-state index contributed by atoms with van der Waals surface area (Å²) in [4.78, 5) is -0.966. The van der Waals surface area contributed by atoms with E-state index in [-0.39, 0.29) is 45.1 Å². The Balaban J connectivity index is 2.40. The molecule has 0 fully saturated rings. The molecule has 0 radical (unpaired) electrons. The first kappa shape index (κ1) is 23.8. The Morgan fingerprint density at radius 1 is 0.767 bits per heavy atom. The van der Waals surface area contributed by atoms with Crippen molar-refractivity contribution in [1.82, 2.24) is 0 Å². The molecule has 0 bridgehead atoms. The highest BCUT2D eigenvalue weighted by molar-refractivity contribution is 7.86. The average Bonchev–Trinajstić information content (AvgIpc) is 2.54. The zero-order valence-corrected chi connectivity index (χ0v) is 18.9. The number of nitrogens with two attached hydrogens (primary N) is 2. The molecule has 2 aromatic carbocycles. The van der Waals surface area contributed by atoms with Gasteiger partial charge < -0.3 is 11.5 Å². The lowest BCUT2D eigenvalue weighted by Crippen LogP contribution is -2.09. The molecule has 11 nitrogen and oxygen atoms in total. The van der Waals surface area contributed by atoms with Crippen LogP contribution < -0.4 is 20.5 Å². The van der Waals surface area contributed by atoms with E-state index in [0.29, 0.717) is 0 Å². The van der Waals surface area contributed by atoms with Gasteiger partial charge in [-0.15, -0.1) is 0 Å². The Bertz CT molecular complexity index is 1180. The summed E-state index contributed by atoms with van der Waals surface area (Å²) in [6.07, 6.45) is 0. The highest BCUT2D eigenvalue weighted by atomic mass is 32.2. The number of hydrogen-bond acceptors (Lipinski definition) is 9. The second-order valence-electron chi connectivity index (χ2n) is 6.48. The van der Waals surface area contributed by atoms with E-state index in [0.717, 1.165) is 0 Å². The Labute approximate surface area is 174 Å². The molecule has 0 heterocycles. The van der Waals surface area contributed by atoms with Crippen LogP contribution in [0, 0.1) is 27.7 Å². The van der Waals surface area contributed by atoms with Crippen molar-refractivity contribution in [2.45, 2.75) is 37.5 Å². The fraction of sp³-hybridized carbons (Fsp3) is 0.250. The van der Waals surface area contributed by atoms with Crippen LogP contribution in [0.25, 0.3) is 0 Å². The number of anilines is 2. The fourth-order valence-electron chi connectivity index (χ4n) is 2.83. The quantitative estimate of drug-likeness (QED) is 0.270. The second kappa shape index (κ2) is 8.00. The van der Waals surface area contributed by atoms with Crippen LogP contribution in [0.15, 0.2) is 21.9 Å². The molecule has 0 unspecified atom stereocenters. The molecule has 2 aromatic rings. The molecule has 0 saturated heterocycles. The standard InChI is InChI=1S/C16H19N2O9PS2/c1-7-5-11(9(3)13(17)15(7)29(20,21)22)26-28(19)27-12-6-8(2)16(30(23,24)25)14(18)10(12)4/h5-6H,17-18H2,1-4H3,(H-,20,21,22,23,24,25)/p+1. The highest BCUT2D eigenvalue weighted by Gasteiger charge is 2.31. The van der Waals surface area contributed by atoms with E-state index < -0.39 is 38.3 Å². The summed E-state index contributed by atoms with van der Waals surface area (Å²) in [5.41, 5.74) is 11.3. The van der Waals surface area contributed by atoms with Crippen molar-refractivity contribution in [3.8, 4) is 11.5 Å². The predicted molar refractivity (Wildman–Crippen MR) is 109 cm³/mol. The zero-order valence-electron chi connectivity index (χ0n) is 16.3. The van der Waals surface area contributed by atoms with Crippen molar-refractivity contribution in [2.75, 3.05) is 11.5 Å². The van der Waals surface area contributed by atoms with Crippen molar-refractivity contribution < 1.29 is 39.6 Å². The molecule has 2 rings (SSSR count). The molecule has 14 heteroatoms. The summed E-state index contributed by atoms with van der Waals surface area (Å²) in [5.74, 6) is -0.0918. The lowest BCUT2D eigenvalue weighted by atomic mass is 10.1. The van der Waals surface area contributed by atoms with Gasteiger partial charge in [0.2, 0.25) is 0 Å². The van der Waals surface area contributed by atoms with Crippen molar-refractivity contribution >= 4 is 39.9 Å². The Hall–Kier alpha value is -2.44. The molecule has 0 saturated carbocycles. The summed E-state index contributed by atoms with van der Waals surface area (Å²) in [6.45, 7) is 5.52. The van der Waals surface area contributed by atoms with Gasteiger partial charge in [0.1, 0.15) is 9.79 Å². The molecular formula is C16H20N2O9PS2+. The Morgan fingerprint density at radius 2 is 1.07 bits per heavy atom. The van der Waals surface area contributed by atoms with Gasteiger partial charge in [-0.05, 0) is 51.0 Å². The van der Waals surface area contributed by atoms with E-state index >= 15 is 0 Å². The maximum absolute atomic E-state index is 12.4. The van der Waals surface area contributed by atoms with Crippen molar-refractivity contribution in [3.05, 3.63) is 34.4 Å². The number of rotatable bonds is 6. The molecule has 0 aliphatic heterocycles. The zero-order chi connectivity index (χ0) is 23.2. The second-order valence-corrected chi connectivity index (χ2v) is 10.0. The molecule has 6 N–H and O–H groups in total. The van der Waals surface area contributed by atoms with Gasteiger partial charge >= 0.3 is 8.25 Å². The molecule has 0 aliphatic carbocycles. The first-order valence-electron chi connectivity index (χ1n) is 8.13. The Morgan fingerprint density at radius 3 is 1.33 bits per heavy atom. The molecule has 0 amide bonds. The van der Waals surface area contributed by atoms with Gasteiger partial charge in [-0.2, -0.15) is 16.8 Å². The average molecular weight is 479 g/mol. The van der Waals surface area contributed by atoms with Crippen LogP contribution in [-0.2, 0) is 24.8 Å². The Kier molecular flexibility index (Phi) is 6.36. The molecule has 0 aromatic heterocycles. The van der Waals surface area contributed by atoms with E-state index in [1.165, 1.54) is 39.8 Å².